The minimum Gasteiger partial charge on any atom is -0.0918 e. The summed E-state index contributed by atoms with van der Waals surface area (Å²) in [5.41, 5.74) is 1.09. The van der Waals surface area contributed by atoms with Crippen LogP contribution in [0.3, 0.4) is 0 Å². The van der Waals surface area contributed by atoms with Gasteiger partial charge < -0.3 is 0 Å². The summed E-state index contributed by atoms with van der Waals surface area (Å²) in [6.07, 6.45) is 10.5. The van der Waals surface area contributed by atoms with Gasteiger partial charge in [0.1, 0.15) is 0 Å². The molecule has 0 aromatic carbocycles. The minimum atomic E-state index is 1.09. The van der Waals surface area contributed by atoms with Crippen LogP contribution < -0.4 is 0 Å². The lowest BCUT2D eigenvalue weighted by atomic mass is 10.4. The zero-order valence-corrected chi connectivity index (χ0v) is 6.93. The number of allylic oxidation sites excluding steroid dienone is 5. The molecule has 0 spiro atoms. The van der Waals surface area contributed by atoms with E-state index in [9.17, 15) is 0 Å². The fourth-order valence-electron chi connectivity index (χ4n) is 0.414. The van der Waals surface area contributed by atoms with Crippen LogP contribution in [0.4, 0.5) is 0 Å². The Morgan fingerprint density at radius 3 is 1.60 bits per heavy atom. The second-order valence-electron chi connectivity index (χ2n) is 2.29. The summed E-state index contributed by atoms with van der Waals surface area (Å²) in [6, 6.07) is 0. The molecule has 10 heavy (non-hydrogen) atoms. The molecule has 0 heterocycles. The normalized spacial score (nSPS) is 13.2. The predicted molar refractivity (Wildman–Crippen MR) is 48.0 cm³/mol. The molecule has 1 aliphatic rings. The van der Waals surface area contributed by atoms with Gasteiger partial charge in [0.25, 0.3) is 0 Å². The van der Waals surface area contributed by atoms with Crippen LogP contribution in [0.2, 0.25) is 0 Å². The molecule has 0 bridgehead atoms. The average Bonchev–Trinajstić information content (AvgIpc) is 2.40. The van der Waals surface area contributed by atoms with E-state index >= 15 is 0 Å². The second kappa shape index (κ2) is 6.34. The van der Waals surface area contributed by atoms with E-state index in [2.05, 4.69) is 20.4 Å². The first-order valence-electron chi connectivity index (χ1n) is 3.85. The highest BCUT2D eigenvalue weighted by Crippen LogP contribution is 2.01. The quantitative estimate of drug-likeness (QED) is 0.517. The predicted octanol–water partition coefficient (Wildman–Crippen LogP) is 3.48. The molecular weight excluding hydrogens is 120 g/mol. The van der Waals surface area contributed by atoms with Crippen molar-refractivity contribution in [1.82, 2.24) is 0 Å². The van der Waals surface area contributed by atoms with Crippen LogP contribution in [-0.2, 0) is 0 Å². The van der Waals surface area contributed by atoms with Crippen LogP contribution in [0, 0.1) is 0 Å². The molecule has 0 heteroatoms. The summed E-state index contributed by atoms with van der Waals surface area (Å²) < 4.78 is 0. The van der Waals surface area contributed by atoms with Gasteiger partial charge in [-0.25, -0.2) is 0 Å². The third-order valence-corrected chi connectivity index (χ3v) is 1.23. The number of hydrogen-bond donors (Lipinski definition) is 0. The zero-order valence-electron chi connectivity index (χ0n) is 6.93. The third kappa shape index (κ3) is 5.36. The Kier molecular flexibility index (Phi) is 5.85. The lowest BCUT2D eigenvalue weighted by Gasteiger charge is -1.71. The molecule has 0 saturated carbocycles. The summed E-state index contributed by atoms with van der Waals surface area (Å²) in [5, 5.41) is 0. The molecule has 0 radical (unpaired) electrons. The lowest BCUT2D eigenvalue weighted by molar-refractivity contribution is 0.886. The van der Waals surface area contributed by atoms with Crippen molar-refractivity contribution in [2.75, 3.05) is 0 Å². The summed E-state index contributed by atoms with van der Waals surface area (Å²) in [7, 11) is 0. The van der Waals surface area contributed by atoms with E-state index in [0.29, 0.717) is 0 Å². The van der Waals surface area contributed by atoms with Crippen molar-refractivity contribution in [3.63, 3.8) is 0 Å². The summed E-state index contributed by atoms with van der Waals surface area (Å²) in [6.45, 7) is 8.04. The highest BCUT2D eigenvalue weighted by molar-refractivity contribution is 5.37. The monoisotopic (exact) mass is 136 g/mol. The molecule has 1 rings (SSSR count). The fourth-order valence-corrected chi connectivity index (χ4v) is 0.414. The molecule has 0 fully saturated rings. The van der Waals surface area contributed by atoms with E-state index in [1.807, 2.05) is 24.3 Å². The maximum atomic E-state index is 3.68. The van der Waals surface area contributed by atoms with Crippen molar-refractivity contribution in [2.24, 2.45) is 0 Å². The van der Waals surface area contributed by atoms with Gasteiger partial charge in [-0.3, -0.25) is 0 Å². The van der Waals surface area contributed by atoms with Gasteiger partial charge in [-0.2, -0.15) is 0 Å². The summed E-state index contributed by atoms with van der Waals surface area (Å²) >= 11 is 0. The molecule has 0 unspecified atom stereocenters. The van der Waals surface area contributed by atoms with Gasteiger partial charge in [0, 0.05) is 0 Å². The molecule has 56 valence electrons. The first kappa shape index (κ1) is 9.22. The van der Waals surface area contributed by atoms with Crippen molar-refractivity contribution in [3.05, 3.63) is 36.5 Å². The number of unbranched alkanes of at least 4 members (excludes halogenated alkanes) is 1. The van der Waals surface area contributed by atoms with Crippen LogP contribution >= 0.6 is 0 Å². The van der Waals surface area contributed by atoms with Crippen molar-refractivity contribution in [2.45, 2.75) is 26.7 Å². The van der Waals surface area contributed by atoms with Crippen molar-refractivity contribution < 1.29 is 0 Å². The summed E-state index contributed by atoms with van der Waals surface area (Å²) in [5.74, 6) is 0. The largest absolute Gasteiger partial charge is 0.0918 e. The molecule has 0 saturated heterocycles. The van der Waals surface area contributed by atoms with Crippen molar-refractivity contribution >= 4 is 0 Å². The Morgan fingerprint density at radius 2 is 1.50 bits per heavy atom. The molecule has 0 amide bonds. The number of hydrogen-bond acceptors (Lipinski definition) is 0. The van der Waals surface area contributed by atoms with E-state index in [1.54, 1.807) is 0 Å². The van der Waals surface area contributed by atoms with Crippen LogP contribution in [0.25, 0.3) is 0 Å². The standard InChI is InChI=1S/C6H6.C4H10/c1-6-4-2-3-5-6;1-3-4-2/h2-5H,1H2;3-4H2,1-2H3. The molecule has 0 aliphatic heterocycles. The molecule has 0 N–H and O–H groups in total. The van der Waals surface area contributed by atoms with E-state index < -0.39 is 0 Å². The van der Waals surface area contributed by atoms with E-state index in [1.165, 1.54) is 12.8 Å². The molecule has 0 nitrogen and oxygen atoms in total. The zero-order chi connectivity index (χ0) is 7.82. The van der Waals surface area contributed by atoms with Gasteiger partial charge in [-0.15, -0.1) is 0 Å². The van der Waals surface area contributed by atoms with E-state index in [-0.39, 0.29) is 0 Å². The van der Waals surface area contributed by atoms with E-state index in [0.717, 1.165) is 5.57 Å². The smallest absolute Gasteiger partial charge is 0.0329 e. The number of rotatable bonds is 1. The molecule has 0 aromatic heterocycles. The first-order chi connectivity index (χ1) is 4.81. The fraction of sp³-hybridized carbons (Fsp3) is 0.400. The van der Waals surface area contributed by atoms with Crippen molar-refractivity contribution in [1.29, 1.82) is 0 Å². The first-order valence-corrected chi connectivity index (χ1v) is 3.85. The van der Waals surface area contributed by atoms with Crippen LogP contribution in [0.5, 0.6) is 0 Å². The summed E-state index contributed by atoms with van der Waals surface area (Å²) in [4.78, 5) is 0. The Hall–Kier alpha value is -0.780. The highest BCUT2D eigenvalue weighted by Gasteiger charge is 1.80. The topological polar surface area (TPSA) is 0 Å². The van der Waals surface area contributed by atoms with Gasteiger partial charge in [0.2, 0.25) is 0 Å². The van der Waals surface area contributed by atoms with Gasteiger partial charge in [-0.05, 0) is 5.57 Å². The molecular formula is C10H16. The SMILES string of the molecule is C=C1C=CC=C1.CCCC. The third-order valence-electron chi connectivity index (χ3n) is 1.23. The Bertz CT molecular complexity index is 122. The molecule has 0 aromatic rings. The molecule has 1 aliphatic carbocycles. The Morgan fingerprint density at radius 1 is 1.10 bits per heavy atom. The van der Waals surface area contributed by atoms with E-state index in [4.69, 9.17) is 0 Å². The van der Waals surface area contributed by atoms with Crippen LogP contribution in [0.15, 0.2) is 36.5 Å². The maximum Gasteiger partial charge on any atom is -0.0329 e. The molecule has 0 atom stereocenters. The van der Waals surface area contributed by atoms with Gasteiger partial charge >= 0.3 is 0 Å². The van der Waals surface area contributed by atoms with Crippen LogP contribution in [0.1, 0.15) is 26.7 Å². The Labute approximate surface area is 64.0 Å². The maximum absolute atomic E-state index is 3.68. The highest BCUT2D eigenvalue weighted by atomic mass is 13.9. The second-order valence-corrected chi connectivity index (χ2v) is 2.29. The van der Waals surface area contributed by atoms with Gasteiger partial charge in [0.15, 0.2) is 0 Å². The van der Waals surface area contributed by atoms with Gasteiger partial charge in [-0.1, -0.05) is 57.6 Å². The van der Waals surface area contributed by atoms with Crippen molar-refractivity contribution in [3.8, 4) is 0 Å². The Balaban J connectivity index is 0.000000180. The van der Waals surface area contributed by atoms with Crippen LogP contribution in [-0.4, -0.2) is 0 Å². The average molecular weight is 136 g/mol. The minimum absolute atomic E-state index is 1.09. The van der Waals surface area contributed by atoms with Gasteiger partial charge in [0.05, 0.1) is 0 Å². The lowest BCUT2D eigenvalue weighted by Crippen LogP contribution is -1.50.